The number of likely N-dealkylation sites (N-methyl/N-ethyl adjacent to an activating group) is 1. The van der Waals surface area contributed by atoms with Crippen molar-refractivity contribution < 1.29 is 17.9 Å². The van der Waals surface area contributed by atoms with Gasteiger partial charge in [-0.15, -0.1) is 0 Å². The van der Waals surface area contributed by atoms with Gasteiger partial charge >= 0.3 is 0 Å². The lowest BCUT2D eigenvalue weighted by atomic mass is 10.2. The van der Waals surface area contributed by atoms with Crippen LogP contribution in [0, 0.1) is 0 Å². The van der Waals surface area contributed by atoms with Crippen LogP contribution in [0.5, 0.6) is 5.75 Å². The number of rotatable bonds is 6. The Kier molecular flexibility index (Phi) is 6.44. The highest BCUT2D eigenvalue weighted by Gasteiger charge is 2.25. The fourth-order valence-electron chi connectivity index (χ4n) is 3.40. The number of anilines is 1. The predicted molar refractivity (Wildman–Crippen MR) is 113 cm³/mol. The van der Waals surface area contributed by atoms with Crippen molar-refractivity contribution in [2.24, 2.45) is 0 Å². The number of hydrogen-bond donors (Lipinski definition) is 0. The van der Waals surface area contributed by atoms with E-state index in [-0.39, 0.29) is 10.8 Å². The summed E-state index contributed by atoms with van der Waals surface area (Å²) >= 11 is 0. The second-order valence-electron chi connectivity index (χ2n) is 6.90. The summed E-state index contributed by atoms with van der Waals surface area (Å²) < 4.78 is 32.5. The van der Waals surface area contributed by atoms with Crippen molar-refractivity contribution in [1.82, 2.24) is 9.80 Å². The molecule has 0 saturated carbocycles. The van der Waals surface area contributed by atoms with Gasteiger partial charge in [0.2, 0.25) is 0 Å². The maximum Gasteiger partial charge on any atom is 0.264 e. The Hall–Kier alpha value is -2.58. The lowest BCUT2D eigenvalue weighted by Crippen LogP contribution is -2.48. The first kappa shape index (κ1) is 21.1. The number of carbonyl (C=O) groups is 1. The smallest absolute Gasteiger partial charge is 0.264 e. The van der Waals surface area contributed by atoms with Gasteiger partial charge in [0, 0.05) is 38.8 Å². The normalized spacial score (nSPS) is 15.2. The van der Waals surface area contributed by atoms with E-state index in [1.165, 1.54) is 30.6 Å². The average Bonchev–Trinajstić information content (AvgIpc) is 2.78. The summed E-state index contributed by atoms with van der Waals surface area (Å²) in [5.74, 6) is 0.402. The number of hydrogen-bond acceptors (Lipinski definition) is 5. The molecule has 0 aliphatic carbocycles. The number of ether oxygens (including phenoxy) is 1. The SMILES string of the molecule is CCN1CCN(C(=O)c2ccc(S(=O)(=O)N(C)c3ccccc3OC)cc2)CC1. The molecule has 0 radical (unpaired) electrons. The van der Waals surface area contributed by atoms with Gasteiger partial charge in [-0.3, -0.25) is 9.10 Å². The highest BCUT2D eigenvalue weighted by molar-refractivity contribution is 7.92. The molecule has 29 heavy (non-hydrogen) atoms. The molecule has 2 aromatic carbocycles. The molecular formula is C21H27N3O4S. The Morgan fingerprint density at radius 3 is 2.24 bits per heavy atom. The van der Waals surface area contributed by atoms with Crippen molar-refractivity contribution >= 4 is 21.6 Å². The quantitative estimate of drug-likeness (QED) is 0.721. The van der Waals surface area contributed by atoms with E-state index >= 15 is 0 Å². The third-order valence-corrected chi connectivity index (χ3v) is 7.08. The number of nitrogens with zero attached hydrogens (tertiary/aromatic N) is 3. The van der Waals surface area contributed by atoms with Crippen LogP contribution in [0.2, 0.25) is 0 Å². The van der Waals surface area contributed by atoms with E-state index < -0.39 is 10.0 Å². The lowest BCUT2D eigenvalue weighted by Gasteiger charge is -2.34. The minimum atomic E-state index is -3.78. The average molecular weight is 418 g/mol. The van der Waals surface area contributed by atoms with Crippen LogP contribution in [0.25, 0.3) is 0 Å². The molecule has 1 fully saturated rings. The molecule has 1 heterocycles. The van der Waals surface area contributed by atoms with E-state index in [4.69, 9.17) is 4.74 Å². The molecule has 3 rings (SSSR count). The van der Waals surface area contributed by atoms with Crippen molar-refractivity contribution in [1.29, 1.82) is 0 Å². The Labute approximate surface area is 172 Å². The van der Waals surface area contributed by atoms with E-state index in [1.54, 1.807) is 36.4 Å². The molecule has 0 N–H and O–H groups in total. The van der Waals surface area contributed by atoms with E-state index in [1.807, 2.05) is 4.90 Å². The minimum absolute atomic E-state index is 0.0669. The van der Waals surface area contributed by atoms with E-state index in [2.05, 4.69) is 11.8 Å². The van der Waals surface area contributed by atoms with Crippen molar-refractivity contribution in [3.05, 3.63) is 54.1 Å². The van der Waals surface area contributed by atoms with Crippen LogP contribution in [0.1, 0.15) is 17.3 Å². The summed E-state index contributed by atoms with van der Waals surface area (Å²) in [5.41, 5.74) is 0.942. The zero-order valence-corrected chi connectivity index (χ0v) is 17.9. The molecule has 8 heteroatoms. The van der Waals surface area contributed by atoms with Gasteiger partial charge in [-0.25, -0.2) is 8.42 Å². The fourth-order valence-corrected chi connectivity index (χ4v) is 4.60. The fraction of sp³-hybridized carbons (Fsp3) is 0.381. The molecule has 0 spiro atoms. The third-order valence-electron chi connectivity index (χ3n) is 5.29. The van der Waals surface area contributed by atoms with Crippen LogP contribution in [-0.4, -0.2) is 71.0 Å². The van der Waals surface area contributed by atoms with Gasteiger partial charge in [-0.05, 0) is 42.9 Å². The van der Waals surface area contributed by atoms with Gasteiger partial charge in [-0.2, -0.15) is 0 Å². The molecule has 156 valence electrons. The molecule has 0 atom stereocenters. The first-order valence-corrected chi connectivity index (χ1v) is 11.1. The number of carbonyl (C=O) groups excluding carboxylic acids is 1. The van der Waals surface area contributed by atoms with Gasteiger partial charge < -0.3 is 14.5 Å². The zero-order chi connectivity index (χ0) is 21.0. The summed E-state index contributed by atoms with van der Waals surface area (Å²) in [5, 5.41) is 0. The molecular weight excluding hydrogens is 390 g/mol. The second-order valence-corrected chi connectivity index (χ2v) is 8.86. The predicted octanol–water partition coefficient (Wildman–Crippen LogP) is 2.30. The Bertz CT molecular complexity index is 952. The highest BCUT2D eigenvalue weighted by atomic mass is 32.2. The Morgan fingerprint density at radius 2 is 1.66 bits per heavy atom. The maximum absolute atomic E-state index is 13.0. The third kappa shape index (κ3) is 4.38. The molecule has 2 aromatic rings. The van der Waals surface area contributed by atoms with Crippen molar-refractivity contribution in [3.8, 4) is 5.75 Å². The van der Waals surface area contributed by atoms with Gasteiger partial charge in [-0.1, -0.05) is 19.1 Å². The second kappa shape index (κ2) is 8.84. The van der Waals surface area contributed by atoms with Crippen molar-refractivity contribution in [3.63, 3.8) is 0 Å². The summed E-state index contributed by atoms with van der Waals surface area (Å²) in [6, 6.07) is 13.1. The van der Waals surface area contributed by atoms with Crippen LogP contribution >= 0.6 is 0 Å². The lowest BCUT2D eigenvalue weighted by molar-refractivity contribution is 0.0643. The monoisotopic (exact) mass is 417 g/mol. The first-order valence-electron chi connectivity index (χ1n) is 9.62. The summed E-state index contributed by atoms with van der Waals surface area (Å²) in [6.07, 6.45) is 0. The molecule has 0 bridgehead atoms. The van der Waals surface area contributed by atoms with Crippen molar-refractivity contribution in [2.75, 3.05) is 51.2 Å². The van der Waals surface area contributed by atoms with Gasteiger partial charge in [0.05, 0.1) is 17.7 Å². The van der Waals surface area contributed by atoms with E-state index in [9.17, 15) is 13.2 Å². The van der Waals surface area contributed by atoms with Crippen LogP contribution in [-0.2, 0) is 10.0 Å². The van der Waals surface area contributed by atoms with E-state index in [0.29, 0.717) is 30.1 Å². The Balaban J connectivity index is 1.77. The number of piperazine rings is 1. The topological polar surface area (TPSA) is 70.2 Å². The summed E-state index contributed by atoms with van der Waals surface area (Å²) in [4.78, 5) is 17.0. The maximum atomic E-state index is 13.0. The largest absolute Gasteiger partial charge is 0.495 e. The number of para-hydroxylation sites is 2. The first-order chi connectivity index (χ1) is 13.9. The highest BCUT2D eigenvalue weighted by Crippen LogP contribution is 2.30. The molecule has 1 amide bonds. The zero-order valence-electron chi connectivity index (χ0n) is 17.0. The van der Waals surface area contributed by atoms with Crippen LogP contribution in [0.4, 0.5) is 5.69 Å². The minimum Gasteiger partial charge on any atom is -0.495 e. The van der Waals surface area contributed by atoms with Gasteiger partial charge in [0.15, 0.2) is 0 Å². The molecule has 0 aromatic heterocycles. The van der Waals surface area contributed by atoms with Crippen LogP contribution < -0.4 is 9.04 Å². The summed E-state index contributed by atoms with van der Waals surface area (Å²) in [7, 11) is -0.795. The molecule has 7 nitrogen and oxygen atoms in total. The summed E-state index contributed by atoms with van der Waals surface area (Å²) in [6.45, 7) is 6.18. The van der Waals surface area contributed by atoms with Crippen LogP contribution in [0.3, 0.4) is 0 Å². The molecule has 0 unspecified atom stereocenters. The molecule has 1 aliphatic rings. The molecule has 1 aliphatic heterocycles. The number of methoxy groups -OCH3 is 1. The number of benzene rings is 2. The Morgan fingerprint density at radius 1 is 1.03 bits per heavy atom. The standard InChI is InChI=1S/C21H27N3O4S/c1-4-23-13-15-24(16-14-23)21(25)17-9-11-18(12-10-17)29(26,27)22(2)19-7-5-6-8-20(19)28-3/h5-12H,4,13-16H2,1-3H3. The van der Waals surface area contributed by atoms with Gasteiger partial charge in [0.25, 0.3) is 15.9 Å². The van der Waals surface area contributed by atoms with E-state index in [0.717, 1.165) is 19.6 Å². The molecule has 1 saturated heterocycles. The van der Waals surface area contributed by atoms with Gasteiger partial charge in [0.1, 0.15) is 5.75 Å². The number of amides is 1. The van der Waals surface area contributed by atoms with Crippen molar-refractivity contribution in [2.45, 2.75) is 11.8 Å². The number of sulfonamides is 1. The van der Waals surface area contributed by atoms with Crippen LogP contribution in [0.15, 0.2) is 53.4 Å².